The van der Waals surface area contributed by atoms with Crippen molar-refractivity contribution >= 4 is 5.91 Å². The SMILES string of the molecule is CC(C)(CO)CCCNC(=O)C1CCC2CCCCC2C1. The first-order valence-electron chi connectivity index (χ1n) is 8.90. The van der Waals surface area contributed by atoms with E-state index in [1.165, 1.54) is 32.1 Å². The average Bonchev–Trinajstić information content (AvgIpc) is 2.51. The van der Waals surface area contributed by atoms with E-state index in [1.807, 2.05) is 0 Å². The molecule has 0 aliphatic heterocycles. The van der Waals surface area contributed by atoms with Gasteiger partial charge in [-0.25, -0.2) is 0 Å². The lowest BCUT2D eigenvalue weighted by Gasteiger charge is -2.38. The molecule has 0 spiro atoms. The fourth-order valence-electron chi connectivity index (χ4n) is 4.11. The fraction of sp³-hybridized carbons (Fsp3) is 0.944. The van der Waals surface area contributed by atoms with Crippen LogP contribution in [-0.2, 0) is 4.79 Å². The summed E-state index contributed by atoms with van der Waals surface area (Å²) in [4.78, 5) is 12.3. The lowest BCUT2D eigenvalue weighted by atomic mass is 9.67. The summed E-state index contributed by atoms with van der Waals surface area (Å²) in [7, 11) is 0. The van der Waals surface area contributed by atoms with Crippen molar-refractivity contribution in [2.24, 2.45) is 23.2 Å². The van der Waals surface area contributed by atoms with Gasteiger partial charge in [-0.05, 0) is 49.4 Å². The predicted molar refractivity (Wildman–Crippen MR) is 85.9 cm³/mol. The van der Waals surface area contributed by atoms with Gasteiger partial charge >= 0.3 is 0 Å². The summed E-state index contributed by atoms with van der Waals surface area (Å²) in [5, 5.41) is 12.4. The summed E-state index contributed by atoms with van der Waals surface area (Å²) < 4.78 is 0. The second-order valence-corrected chi connectivity index (χ2v) is 8.03. The van der Waals surface area contributed by atoms with Crippen LogP contribution < -0.4 is 5.32 Å². The number of fused-ring (bicyclic) bond motifs is 1. The molecule has 21 heavy (non-hydrogen) atoms. The minimum atomic E-state index is -0.0229. The van der Waals surface area contributed by atoms with Gasteiger partial charge in [0.15, 0.2) is 0 Å². The lowest BCUT2D eigenvalue weighted by Crippen LogP contribution is -2.37. The van der Waals surface area contributed by atoms with Crippen molar-refractivity contribution in [2.45, 2.75) is 71.6 Å². The molecule has 3 atom stereocenters. The number of carbonyl (C=O) groups excluding carboxylic acids is 1. The number of hydrogen-bond acceptors (Lipinski definition) is 2. The molecule has 2 aliphatic carbocycles. The Morgan fingerprint density at radius 2 is 1.86 bits per heavy atom. The van der Waals surface area contributed by atoms with Gasteiger partial charge in [0.1, 0.15) is 0 Å². The summed E-state index contributed by atoms with van der Waals surface area (Å²) in [5.74, 6) is 2.26. The molecule has 0 aromatic heterocycles. The van der Waals surface area contributed by atoms with E-state index in [9.17, 15) is 9.90 Å². The number of nitrogens with one attached hydrogen (secondary N) is 1. The zero-order valence-electron chi connectivity index (χ0n) is 13.9. The van der Waals surface area contributed by atoms with Gasteiger partial charge in [0.05, 0.1) is 0 Å². The molecule has 3 nitrogen and oxygen atoms in total. The van der Waals surface area contributed by atoms with E-state index in [0.29, 0.717) is 0 Å². The highest BCUT2D eigenvalue weighted by Crippen LogP contribution is 2.42. The molecule has 3 unspecified atom stereocenters. The highest BCUT2D eigenvalue weighted by molar-refractivity contribution is 5.78. The fourth-order valence-corrected chi connectivity index (χ4v) is 4.11. The molecule has 2 saturated carbocycles. The van der Waals surface area contributed by atoms with Gasteiger partial charge in [0.2, 0.25) is 5.91 Å². The minimum absolute atomic E-state index is 0.0229. The molecule has 2 N–H and O–H groups in total. The Hall–Kier alpha value is -0.570. The molecule has 122 valence electrons. The molecule has 2 fully saturated rings. The van der Waals surface area contributed by atoms with Crippen molar-refractivity contribution in [1.82, 2.24) is 5.32 Å². The van der Waals surface area contributed by atoms with E-state index in [4.69, 9.17) is 0 Å². The van der Waals surface area contributed by atoms with E-state index in [0.717, 1.165) is 44.1 Å². The third kappa shape index (κ3) is 4.98. The molecular weight excluding hydrogens is 262 g/mol. The maximum atomic E-state index is 12.3. The molecule has 0 radical (unpaired) electrons. The molecule has 0 aromatic rings. The molecule has 1 amide bonds. The van der Waals surface area contributed by atoms with Crippen LogP contribution in [0.2, 0.25) is 0 Å². The lowest BCUT2D eigenvalue weighted by molar-refractivity contribution is -0.127. The average molecular weight is 295 g/mol. The third-order valence-electron chi connectivity index (χ3n) is 5.67. The van der Waals surface area contributed by atoms with Gasteiger partial charge in [-0.15, -0.1) is 0 Å². The number of carbonyl (C=O) groups is 1. The Morgan fingerprint density at radius 1 is 1.14 bits per heavy atom. The Labute approximate surface area is 129 Å². The Morgan fingerprint density at radius 3 is 2.57 bits per heavy atom. The first-order valence-corrected chi connectivity index (χ1v) is 8.90. The van der Waals surface area contributed by atoms with Crippen molar-refractivity contribution in [3.05, 3.63) is 0 Å². The molecule has 2 aliphatic rings. The smallest absolute Gasteiger partial charge is 0.223 e. The Kier molecular flexibility index (Phi) is 6.09. The summed E-state index contributed by atoms with van der Waals surface area (Å²) >= 11 is 0. The minimum Gasteiger partial charge on any atom is -0.396 e. The summed E-state index contributed by atoms with van der Waals surface area (Å²) in [5.41, 5.74) is -0.0229. The second-order valence-electron chi connectivity index (χ2n) is 8.03. The van der Waals surface area contributed by atoms with Crippen molar-refractivity contribution in [1.29, 1.82) is 0 Å². The normalized spacial score (nSPS) is 29.8. The quantitative estimate of drug-likeness (QED) is 0.737. The zero-order valence-corrected chi connectivity index (χ0v) is 13.9. The van der Waals surface area contributed by atoms with E-state index in [1.54, 1.807) is 0 Å². The molecule has 0 aromatic carbocycles. The maximum absolute atomic E-state index is 12.3. The summed E-state index contributed by atoms with van der Waals surface area (Å²) in [6.45, 7) is 5.11. The maximum Gasteiger partial charge on any atom is 0.223 e. The largest absolute Gasteiger partial charge is 0.396 e. The van der Waals surface area contributed by atoms with Crippen molar-refractivity contribution in [2.75, 3.05) is 13.2 Å². The van der Waals surface area contributed by atoms with Crippen LogP contribution in [0.25, 0.3) is 0 Å². The van der Waals surface area contributed by atoms with Crippen molar-refractivity contribution in [3.63, 3.8) is 0 Å². The predicted octanol–water partition coefficient (Wildman–Crippen LogP) is 3.51. The number of amides is 1. The van der Waals surface area contributed by atoms with Gasteiger partial charge in [0, 0.05) is 19.1 Å². The molecule has 0 bridgehead atoms. The summed E-state index contributed by atoms with van der Waals surface area (Å²) in [6, 6.07) is 0. The van der Waals surface area contributed by atoms with Crippen LogP contribution in [-0.4, -0.2) is 24.2 Å². The van der Waals surface area contributed by atoms with Gasteiger partial charge in [-0.1, -0.05) is 39.5 Å². The second kappa shape index (κ2) is 7.62. The first-order chi connectivity index (χ1) is 10.0. The van der Waals surface area contributed by atoms with Gasteiger partial charge < -0.3 is 10.4 Å². The van der Waals surface area contributed by atoms with Crippen LogP contribution in [0.5, 0.6) is 0 Å². The van der Waals surface area contributed by atoms with E-state index in [-0.39, 0.29) is 23.8 Å². The van der Waals surface area contributed by atoms with Gasteiger partial charge in [0.25, 0.3) is 0 Å². The number of aliphatic hydroxyl groups excluding tert-OH is 1. The Bertz CT molecular complexity index is 340. The van der Waals surface area contributed by atoms with Crippen LogP contribution in [0.4, 0.5) is 0 Å². The van der Waals surface area contributed by atoms with E-state index < -0.39 is 0 Å². The van der Waals surface area contributed by atoms with Crippen LogP contribution in [0.3, 0.4) is 0 Å². The van der Waals surface area contributed by atoms with Crippen LogP contribution in [0.15, 0.2) is 0 Å². The monoisotopic (exact) mass is 295 g/mol. The molecule has 0 saturated heterocycles. The van der Waals surface area contributed by atoms with Crippen molar-refractivity contribution in [3.8, 4) is 0 Å². The molecule has 0 heterocycles. The van der Waals surface area contributed by atoms with Crippen molar-refractivity contribution < 1.29 is 9.90 Å². The van der Waals surface area contributed by atoms with E-state index in [2.05, 4.69) is 19.2 Å². The molecular formula is C18H33NO2. The zero-order chi connectivity index (χ0) is 15.3. The van der Waals surface area contributed by atoms with Crippen LogP contribution in [0.1, 0.15) is 71.6 Å². The number of hydrogen-bond donors (Lipinski definition) is 2. The van der Waals surface area contributed by atoms with E-state index >= 15 is 0 Å². The summed E-state index contributed by atoms with van der Waals surface area (Å²) in [6.07, 6.45) is 10.9. The molecule has 3 heteroatoms. The topological polar surface area (TPSA) is 49.3 Å². The van der Waals surface area contributed by atoms with Gasteiger partial charge in [-0.3, -0.25) is 4.79 Å². The third-order valence-corrected chi connectivity index (χ3v) is 5.67. The number of rotatable bonds is 6. The van der Waals surface area contributed by atoms with Crippen LogP contribution >= 0.6 is 0 Å². The van der Waals surface area contributed by atoms with Crippen LogP contribution in [0, 0.1) is 23.2 Å². The highest BCUT2D eigenvalue weighted by atomic mass is 16.3. The van der Waals surface area contributed by atoms with Gasteiger partial charge in [-0.2, -0.15) is 0 Å². The molecule has 2 rings (SSSR count). The Balaban J connectivity index is 1.67. The number of aliphatic hydroxyl groups is 1. The standard InChI is InChI=1S/C18H33NO2/c1-18(2,13-20)10-5-11-19-17(21)16-9-8-14-6-3-4-7-15(14)12-16/h14-16,20H,3-13H2,1-2H3,(H,19,21). The highest BCUT2D eigenvalue weighted by Gasteiger charge is 2.34. The first kappa shape index (κ1) is 16.8.